The van der Waals surface area contributed by atoms with Crippen molar-refractivity contribution in [2.45, 2.75) is 33.6 Å². The van der Waals surface area contributed by atoms with Crippen LogP contribution in [-0.4, -0.2) is 18.1 Å². The first-order chi connectivity index (χ1) is 6.18. The lowest BCUT2D eigenvalue weighted by molar-refractivity contribution is 0.393. The number of rotatable bonds is 8. The predicted molar refractivity (Wildman–Crippen MR) is 71.4 cm³/mol. The lowest BCUT2D eigenvalue weighted by atomic mass is 10.6. The van der Waals surface area contributed by atoms with E-state index in [9.17, 15) is 0 Å². The number of hydrogen-bond donors (Lipinski definition) is 0. The van der Waals surface area contributed by atoms with E-state index >= 15 is 0 Å². The second-order valence-electron chi connectivity index (χ2n) is 2.53. The van der Waals surface area contributed by atoms with Crippen molar-refractivity contribution in [2.24, 2.45) is 0 Å². The molecule has 0 radical (unpaired) electrons. The highest BCUT2D eigenvalue weighted by Crippen LogP contribution is 2.70. The van der Waals surface area contributed by atoms with Gasteiger partial charge in [-0.3, -0.25) is 0 Å². The summed E-state index contributed by atoms with van der Waals surface area (Å²) in [6.07, 6.45) is 2.37. The first-order valence-electron chi connectivity index (χ1n) is 4.72. The highest BCUT2D eigenvalue weighted by Gasteiger charge is 2.17. The maximum absolute atomic E-state index is 5.69. The minimum atomic E-state index is -1.59. The molecule has 0 heterocycles. The fraction of sp³-hybridized carbons (Fsp3) is 1.00. The van der Waals surface area contributed by atoms with Crippen LogP contribution in [0.1, 0.15) is 33.6 Å². The van der Waals surface area contributed by atoms with Gasteiger partial charge in [0.25, 0.3) is 0 Å². The van der Waals surface area contributed by atoms with Crippen LogP contribution < -0.4 is 0 Å². The van der Waals surface area contributed by atoms with E-state index in [0.717, 1.165) is 18.1 Å². The predicted octanol–water partition coefficient (Wildman–Crippen LogP) is 4.53. The Balaban J connectivity index is 3.92. The lowest BCUT2D eigenvalue weighted by Crippen LogP contribution is -1.85. The average molecular weight is 258 g/mol. The quantitative estimate of drug-likeness (QED) is 0.591. The van der Waals surface area contributed by atoms with Gasteiger partial charge in [0.1, 0.15) is 0 Å². The Hall–Kier alpha value is 1.31. The summed E-state index contributed by atoms with van der Waals surface area (Å²) in [5.41, 5.74) is 0. The zero-order valence-corrected chi connectivity index (χ0v) is 12.0. The normalized spacial score (nSPS) is 11.9. The molecule has 80 valence electrons. The van der Waals surface area contributed by atoms with Crippen molar-refractivity contribution in [3.63, 3.8) is 0 Å². The molecule has 0 aromatic heterocycles. The molecule has 0 spiro atoms. The molecule has 0 atom stereocenters. The highest BCUT2D eigenvalue weighted by atomic mass is 33.2. The van der Waals surface area contributed by atoms with Crippen LogP contribution in [0, 0.1) is 0 Å². The summed E-state index contributed by atoms with van der Waals surface area (Å²) in [7, 11) is 0. The van der Waals surface area contributed by atoms with Crippen LogP contribution in [0.3, 0.4) is 0 Å². The van der Waals surface area contributed by atoms with Gasteiger partial charge in [0.2, 0.25) is 0 Å². The minimum Gasteiger partial charge on any atom is -0.334 e. The summed E-state index contributed by atoms with van der Waals surface area (Å²) in [6, 6.07) is 0. The van der Waals surface area contributed by atoms with Gasteiger partial charge in [-0.25, -0.2) is 0 Å². The second kappa shape index (κ2) is 8.60. The second-order valence-corrected chi connectivity index (χ2v) is 13.3. The van der Waals surface area contributed by atoms with Gasteiger partial charge in [-0.1, -0.05) is 36.6 Å². The Morgan fingerprint density at radius 1 is 1.08 bits per heavy atom. The average Bonchev–Trinajstić information content (AvgIpc) is 2.12. The lowest BCUT2D eigenvalue weighted by Gasteiger charge is -2.19. The molecule has 0 aliphatic heterocycles. The van der Waals surface area contributed by atoms with Crippen molar-refractivity contribution in [2.75, 3.05) is 18.1 Å². The summed E-state index contributed by atoms with van der Waals surface area (Å²) >= 11 is 9.26. The zero-order chi connectivity index (χ0) is 10.2. The molecule has 1 nitrogen and oxygen atoms in total. The Bertz CT molecular complexity index is 151. The van der Waals surface area contributed by atoms with Crippen LogP contribution in [0.15, 0.2) is 0 Å². The molecule has 0 amide bonds. The third kappa shape index (κ3) is 7.26. The van der Waals surface area contributed by atoms with E-state index in [0.29, 0.717) is 0 Å². The summed E-state index contributed by atoms with van der Waals surface area (Å²) in [5.74, 6) is 2.27. The van der Waals surface area contributed by atoms with Gasteiger partial charge in [0.15, 0.2) is 4.67 Å². The van der Waals surface area contributed by atoms with Crippen molar-refractivity contribution in [3.8, 4) is 0 Å². The topological polar surface area (TPSA) is 9.23 Å². The standard InChI is InChI=1S/C8H19OPS3/c1-4-7-12-10(11,9-6-3)13-8-5-2/h4-8H2,1-3H3. The molecule has 0 rings (SSSR count). The third-order valence-corrected chi connectivity index (χ3v) is 11.3. The molecular formula is C8H19OPS3. The van der Waals surface area contributed by atoms with Crippen LogP contribution in [0.25, 0.3) is 0 Å². The molecule has 0 saturated carbocycles. The molecule has 0 aromatic rings. The van der Waals surface area contributed by atoms with Gasteiger partial charge >= 0.3 is 0 Å². The fourth-order valence-corrected chi connectivity index (χ4v) is 9.44. The molecule has 0 fully saturated rings. The molecule has 0 unspecified atom stereocenters. The summed E-state index contributed by atoms with van der Waals surface area (Å²) < 4.78 is 4.10. The summed E-state index contributed by atoms with van der Waals surface area (Å²) in [4.78, 5) is 0. The molecule has 0 bridgehead atoms. The SMILES string of the molecule is CCCSP(=S)(OCC)SCCC. The Kier molecular flexibility index (Phi) is 9.47. The minimum absolute atomic E-state index is 0.755. The highest BCUT2D eigenvalue weighted by molar-refractivity contribution is 8.99. The van der Waals surface area contributed by atoms with E-state index in [1.807, 2.05) is 29.7 Å². The van der Waals surface area contributed by atoms with Crippen LogP contribution in [0.4, 0.5) is 0 Å². The van der Waals surface area contributed by atoms with Gasteiger partial charge in [0, 0.05) is 11.5 Å². The van der Waals surface area contributed by atoms with E-state index in [2.05, 4.69) is 13.8 Å². The maximum Gasteiger partial charge on any atom is 0.174 e. The Morgan fingerprint density at radius 2 is 1.54 bits per heavy atom. The van der Waals surface area contributed by atoms with Crippen LogP contribution >= 0.6 is 27.4 Å². The van der Waals surface area contributed by atoms with Crippen LogP contribution in [0.2, 0.25) is 0 Å². The first kappa shape index (κ1) is 14.3. The summed E-state index contributed by atoms with van der Waals surface area (Å²) in [5, 5.41) is 0. The molecule has 0 saturated heterocycles. The zero-order valence-electron chi connectivity index (χ0n) is 8.62. The first-order valence-corrected chi connectivity index (χ1v) is 10.6. The maximum atomic E-state index is 5.69. The monoisotopic (exact) mass is 258 g/mol. The molecule has 5 heteroatoms. The molecule has 0 aliphatic carbocycles. The van der Waals surface area contributed by atoms with Crippen LogP contribution in [-0.2, 0) is 16.3 Å². The van der Waals surface area contributed by atoms with Crippen molar-refractivity contribution in [1.82, 2.24) is 0 Å². The molecular weight excluding hydrogens is 239 g/mol. The van der Waals surface area contributed by atoms with E-state index in [1.54, 1.807) is 0 Å². The fourth-order valence-electron chi connectivity index (χ4n) is 0.676. The van der Waals surface area contributed by atoms with Gasteiger partial charge in [0.05, 0.1) is 6.61 Å². The molecule has 13 heavy (non-hydrogen) atoms. The van der Waals surface area contributed by atoms with E-state index in [-0.39, 0.29) is 0 Å². The van der Waals surface area contributed by atoms with Crippen molar-refractivity contribution >= 4 is 39.2 Å². The van der Waals surface area contributed by atoms with Gasteiger partial charge < -0.3 is 4.52 Å². The smallest absolute Gasteiger partial charge is 0.174 e. The number of hydrogen-bond acceptors (Lipinski definition) is 4. The van der Waals surface area contributed by atoms with E-state index in [4.69, 9.17) is 16.3 Å². The van der Waals surface area contributed by atoms with Gasteiger partial charge in [-0.2, -0.15) is 0 Å². The Labute approximate surface area is 95.4 Å². The largest absolute Gasteiger partial charge is 0.334 e. The van der Waals surface area contributed by atoms with E-state index < -0.39 is 4.67 Å². The van der Waals surface area contributed by atoms with Gasteiger partial charge in [-0.05, 0) is 31.6 Å². The van der Waals surface area contributed by atoms with E-state index in [1.165, 1.54) is 12.8 Å². The molecule has 0 aromatic carbocycles. The third-order valence-electron chi connectivity index (χ3n) is 1.19. The van der Waals surface area contributed by atoms with Crippen molar-refractivity contribution in [1.29, 1.82) is 0 Å². The molecule has 0 N–H and O–H groups in total. The van der Waals surface area contributed by atoms with Crippen molar-refractivity contribution < 1.29 is 4.52 Å². The molecule has 0 aliphatic rings. The van der Waals surface area contributed by atoms with Crippen LogP contribution in [0.5, 0.6) is 0 Å². The van der Waals surface area contributed by atoms with Crippen molar-refractivity contribution in [3.05, 3.63) is 0 Å². The summed E-state index contributed by atoms with van der Waals surface area (Å²) in [6.45, 7) is 7.15. The Morgan fingerprint density at radius 3 is 1.85 bits per heavy atom. The van der Waals surface area contributed by atoms with Gasteiger partial charge in [-0.15, -0.1) is 0 Å².